The molecule has 0 saturated carbocycles. The second-order valence-electron chi connectivity index (χ2n) is 6.04. The first kappa shape index (κ1) is 12.8. The standard InChI is InChI=1S/C14H18N6/c1-14(2,3)11-9(6-17-20(11)5)12-15-7-10-13(18-12)19(4)8-16-10/h6-8H,1-5H3. The fraction of sp³-hybridized carbons (Fsp3) is 0.429. The van der Waals surface area contributed by atoms with Gasteiger partial charge in [0.15, 0.2) is 11.5 Å². The summed E-state index contributed by atoms with van der Waals surface area (Å²) in [5.74, 6) is 0.694. The molecule has 3 heterocycles. The Hall–Kier alpha value is -2.24. The molecule has 0 saturated heterocycles. The van der Waals surface area contributed by atoms with Crippen molar-refractivity contribution in [2.75, 3.05) is 0 Å². The lowest BCUT2D eigenvalue weighted by Crippen LogP contribution is -2.18. The van der Waals surface area contributed by atoms with Crippen molar-refractivity contribution in [2.45, 2.75) is 26.2 Å². The zero-order valence-corrected chi connectivity index (χ0v) is 12.4. The molecule has 6 heteroatoms. The Bertz CT molecular complexity index is 775. The van der Waals surface area contributed by atoms with Gasteiger partial charge < -0.3 is 4.57 Å². The van der Waals surface area contributed by atoms with E-state index in [2.05, 4.69) is 40.8 Å². The molecule has 3 rings (SSSR count). The van der Waals surface area contributed by atoms with Gasteiger partial charge in [-0.25, -0.2) is 15.0 Å². The lowest BCUT2D eigenvalue weighted by atomic mass is 9.89. The van der Waals surface area contributed by atoms with Crippen LogP contribution in [0.25, 0.3) is 22.6 Å². The minimum Gasteiger partial charge on any atom is -0.318 e. The third-order valence-corrected chi connectivity index (χ3v) is 3.34. The Balaban J connectivity index is 2.23. The molecule has 0 spiro atoms. The van der Waals surface area contributed by atoms with Gasteiger partial charge in [0, 0.05) is 19.5 Å². The summed E-state index contributed by atoms with van der Waals surface area (Å²) in [6, 6.07) is 0. The van der Waals surface area contributed by atoms with Crippen molar-refractivity contribution in [1.82, 2.24) is 29.3 Å². The highest BCUT2D eigenvalue weighted by atomic mass is 15.3. The van der Waals surface area contributed by atoms with Crippen molar-refractivity contribution in [3.8, 4) is 11.4 Å². The first-order valence-electron chi connectivity index (χ1n) is 6.55. The van der Waals surface area contributed by atoms with Crippen LogP contribution in [0.3, 0.4) is 0 Å². The summed E-state index contributed by atoms with van der Waals surface area (Å²) in [5.41, 5.74) is 3.71. The molecule has 0 N–H and O–H groups in total. The maximum Gasteiger partial charge on any atom is 0.165 e. The molecule has 0 aromatic carbocycles. The van der Waals surface area contributed by atoms with Crippen LogP contribution in [0, 0.1) is 0 Å². The van der Waals surface area contributed by atoms with E-state index in [4.69, 9.17) is 0 Å². The zero-order valence-electron chi connectivity index (χ0n) is 12.4. The molecule has 0 atom stereocenters. The maximum absolute atomic E-state index is 4.63. The molecular formula is C14H18N6. The molecule has 104 valence electrons. The summed E-state index contributed by atoms with van der Waals surface area (Å²) in [7, 11) is 3.88. The Labute approximate surface area is 117 Å². The van der Waals surface area contributed by atoms with Gasteiger partial charge in [-0.1, -0.05) is 20.8 Å². The van der Waals surface area contributed by atoms with Crippen LogP contribution in [0.15, 0.2) is 18.7 Å². The lowest BCUT2D eigenvalue weighted by molar-refractivity contribution is 0.524. The van der Waals surface area contributed by atoms with Gasteiger partial charge in [-0.05, 0) is 0 Å². The van der Waals surface area contributed by atoms with Gasteiger partial charge in [-0.2, -0.15) is 5.10 Å². The molecule has 20 heavy (non-hydrogen) atoms. The molecule has 3 aromatic heterocycles. The number of imidazole rings is 1. The van der Waals surface area contributed by atoms with Gasteiger partial charge in [-0.15, -0.1) is 0 Å². The first-order valence-corrected chi connectivity index (χ1v) is 6.55. The molecular weight excluding hydrogens is 252 g/mol. The molecule has 0 fully saturated rings. The highest BCUT2D eigenvalue weighted by Gasteiger charge is 2.24. The van der Waals surface area contributed by atoms with Crippen LogP contribution in [0.4, 0.5) is 0 Å². The second-order valence-corrected chi connectivity index (χ2v) is 6.04. The molecule has 0 bridgehead atoms. The number of aromatic nitrogens is 6. The van der Waals surface area contributed by atoms with E-state index in [1.54, 1.807) is 12.5 Å². The monoisotopic (exact) mass is 270 g/mol. The minimum atomic E-state index is -0.0225. The van der Waals surface area contributed by atoms with Crippen LogP contribution in [-0.4, -0.2) is 29.3 Å². The van der Waals surface area contributed by atoms with Gasteiger partial charge in [0.25, 0.3) is 0 Å². The first-order chi connectivity index (χ1) is 9.38. The van der Waals surface area contributed by atoms with Crippen LogP contribution in [-0.2, 0) is 19.5 Å². The van der Waals surface area contributed by atoms with Crippen LogP contribution in [0.2, 0.25) is 0 Å². The third-order valence-electron chi connectivity index (χ3n) is 3.34. The molecule has 0 radical (unpaired) electrons. The predicted molar refractivity (Wildman–Crippen MR) is 77.2 cm³/mol. The zero-order chi connectivity index (χ0) is 14.5. The van der Waals surface area contributed by atoms with Crippen molar-refractivity contribution >= 4 is 11.2 Å². The summed E-state index contributed by atoms with van der Waals surface area (Å²) in [6.07, 6.45) is 5.34. The maximum atomic E-state index is 4.63. The van der Waals surface area contributed by atoms with Gasteiger partial charge >= 0.3 is 0 Å². The van der Waals surface area contributed by atoms with E-state index in [-0.39, 0.29) is 5.41 Å². The molecule has 0 unspecified atom stereocenters. The van der Waals surface area contributed by atoms with Gasteiger partial charge in [0.1, 0.15) is 5.52 Å². The Morgan fingerprint density at radius 1 is 1.05 bits per heavy atom. The highest BCUT2D eigenvalue weighted by Crippen LogP contribution is 2.31. The molecule has 0 aliphatic rings. The number of hydrogen-bond donors (Lipinski definition) is 0. The number of hydrogen-bond acceptors (Lipinski definition) is 4. The second kappa shape index (κ2) is 4.13. The summed E-state index contributed by atoms with van der Waals surface area (Å²) >= 11 is 0. The molecule has 6 nitrogen and oxygen atoms in total. The Kier molecular flexibility index (Phi) is 2.64. The highest BCUT2D eigenvalue weighted by molar-refractivity contribution is 5.73. The quantitative estimate of drug-likeness (QED) is 0.679. The summed E-state index contributed by atoms with van der Waals surface area (Å²) in [6.45, 7) is 6.49. The van der Waals surface area contributed by atoms with Crippen LogP contribution < -0.4 is 0 Å². The molecule has 0 amide bonds. The van der Waals surface area contributed by atoms with Gasteiger partial charge in [-0.3, -0.25) is 4.68 Å². The van der Waals surface area contributed by atoms with Crippen molar-refractivity contribution in [3.05, 3.63) is 24.4 Å². The topological polar surface area (TPSA) is 61.4 Å². The van der Waals surface area contributed by atoms with Crippen molar-refractivity contribution < 1.29 is 0 Å². The molecule has 0 aliphatic heterocycles. The van der Waals surface area contributed by atoms with Crippen LogP contribution in [0.1, 0.15) is 26.5 Å². The summed E-state index contributed by atoms with van der Waals surface area (Å²) in [4.78, 5) is 13.3. The van der Waals surface area contributed by atoms with Crippen LogP contribution in [0.5, 0.6) is 0 Å². The predicted octanol–water partition coefficient (Wildman–Crippen LogP) is 2.06. The smallest absolute Gasteiger partial charge is 0.165 e. The van der Waals surface area contributed by atoms with Crippen molar-refractivity contribution in [1.29, 1.82) is 0 Å². The fourth-order valence-electron chi connectivity index (χ4n) is 2.54. The fourth-order valence-corrected chi connectivity index (χ4v) is 2.54. The normalized spacial score (nSPS) is 12.2. The Morgan fingerprint density at radius 3 is 2.50 bits per heavy atom. The van der Waals surface area contributed by atoms with E-state index in [1.807, 2.05) is 29.5 Å². The van der Waals surface area contributed by atoms with Crippen LogP contribution >= 0.6 is 0 Å². The van der Waals surface area contributed by atoms with E-state index >= 15 is 0 Å². The minimum absolute atomic E-state index is 0.0225. The van der Waals surface area contributed by atoms with E-state index in [0.29, 0.717) is 5.82 Å². The Morgan fingerprint density at radius 2 is 1.80 bits per heavy atom. The SMILES string of the molecule is Cn1ncc(-c2ncc3ncn(C)c3n2)c1C(C)(C)C. The summed E-state index contributed by atoms with van der Waals surface area (Å²) in [5, 5.41) is 4.36. The number of nitrogens with zero attached hydrogens (tertiary/aromatic N) is 6. The average molecular weight is 270 g/mol. The third kappa shape index (κ3) is 1.88. The van der Waals surface area contributed by atoms with E-state index in [9.17, 15) is 0 Å². The summed E-state index contributed by atoms with van der Waals surface area (Å²) < 4.78 is 3.79. The largest absolute Gasteiger partial charge is 0.318 e. The number of fused-ring (bicyclic) bond motifs is 1. The molecule has 0 aliphatic carbocycles. The van der Waals surface area contributed by atoms with E-state index in [1.165, 1.54) is 0 Å². The van der Waals surface area contributed by atoms with Crippen molar-refractivity contribution in [2.24, 2.45) is 14.1 Å². The lowest BCUT2D eigenvalue weighted by Gasteiger charge is -2.20. The number of aryl methyl sites for hydroxylation is 2. The average Bonchev–Trinajstić information content (AvgIpc) is 2.93. The van der Waals surface area contributed by atoms with E-state index in [0.717, 1.165) is 22.4 Å². The van der Waals surface area contributed by atoms with Gasteiger partial charge in [0.05, 0.1) is 30.0 Å². The number of rotatable bonds is 1. The van der Waals surface area contributed by atoms with E-state index < -0.39 is 0 Å². The van der Waals surface area contributed by atoms with Crippen molar-refractivity contribution in [3.63, 3.8) is 0 Å². The molecule has 3 aromatic rings. The van der Waals surface area contributed by atoms with Gasteiger partial charge in [0.2, 0.25) is 0 Å².